The second-order valence-electron chi connectivity index (χ2n) is 4.14. The highest BCUT2D eigenvalue weighted by atomic mass is 32.1. The van der Waals surface area contributed by atoms with Crippen LogP contribution in [0.25, 0.3) is 16.0 Å². The van der Waals surface area contributed by atoms with Crippen molar-refractivity contribution in [2.24, 2.45) is 5.84 Å². The highest BCUT2D eigenvalue weighted by Gasteiger charge is 2.13. The number of thiophene rings is 1. The quantitative estimate of drug-likeness (QED) is 0.564. The molecule has 0 atom stereocenters. The lowest BCUT2D eigenvalue weighted by Crippen LogP contribution is -2.12. The third-order valence-electron chi connectivity index (χ3n) is 2.96. The number of nitrogens with two attached hydrogens (primary N) is 1. The molecule has 0 bridgehead atoms. The highest BCUT2D eigenvalue weighted by molar-refractivity contribution is 7.18. The second kappa shape index (κ2) is 4.60. The van der Waals surface area contributed by atoms with Gasteiger partial charge in [-0.2, -0.15) is 4.98 Å². The number of fused-ring (bicyclic) bond motifs is 1. The molecule has 19 heavy (non-hydrogen) atoms. The van der Waals surface area contributed by atoms with Gasteiger partial charge in [0.05, 0.1) is 5.39 Å². The SMILES string of the molecule is CCc1cc2c(-n3ccnc3C)nc(NN)nc2s1. The molecular weight excluding hydrogens is 260 g/mol. The van der Waals surface area contributed by atoms with Crippen molar-refractivity contribution in [1.82, 2.24) is 19.5 Å². The number of nitrogen functional groups attached to an aromatic ring is 1. The zero-order valence-electron chi connectivity index (χ0n) is 10.7. The molecule has 0 fully saturated rings. The Morgan fingerprint density at radius 3 is 2.89 bits per heavy atom. The maximum absolute atomic E-state index is 5.45. The topological polar surface area (TPSA) is 81.7 Å². The first-order valence-corrected chi connectivity index (χ1v) is 6.82. The molecule has 98 valence electrons. The average molecular weight is 274 g/mol. The fourth-order valence-electron chi connectivity index (χ4n) is 1.98. The van der Waals surface area contributed by atoms with Crippen LogP contribution in [0.1, 0.15) is 17.6 Å². The minimum absolute atomic E-state index is 0.417. The van der Waals surface area contributed by atoms with Gasteiger partial charge in [-0.05, 0) is 19.4 Å². The van der Waals surface area contributed by atoms with Crippen molar-refractivity contribution in [3.05, 3.63) is 29.2 Å². The van der Waals surface area contributed by atoms with Gasteiger partial charge in [-0.1, -0.05) is 6.92 Å². The van der Waals surface area contributed by atoms with Crippen LogP contribution in [-0.2, 0) is 6.42 Å². The molecule has 0 amide bonds. The van der Waals surface area contributed by atoms with Crippen LogP contribution in [0.4, 0.5) is 5.95 Å². The van der Waals surface area contributed by atoms with Gasteiger partial charge in [-0.3, -0.25) is 9.99 Å². The molecule has 3 heterocycles. The van der Waals surface area contributed by atoms with Gasteiger partial charge in [-0.15, -0.1) is 11.3 Å². The van der Waals surface area contributed by atoms with E-state index in [2.05, 4.69) is 33.4 Å². The van der Waals surface area contributed by atoms with Crippen LogP contribution in [0.15, 0.2) is 18.5 Å². The maximum Gasteiger partial charge on any atom is 0.240 e. The molecule has 0 radical (unpaired) electrons. The Bertz CT molecular complexity index is 729. The summed E-state index contributed by atoms with van der Waals surface area (Å²) in [5.41, 5.74) is 2.52. The Hall–Kier alpha value is -1.99. The molecule has 6 nitrogen and oxygen atoms in total. The zero-order chi connectivity index (χ0) is 13.4. The largest absolute Gasteiger partial charge is 0.292 e. The Kier molecular flexibility index (Phi) is 2.92. The summed E-state index contributed by atoms with van der Waals surface area (Å²) < 4.78 is 1.94. The number of aryl methyl sites for hydroxylation is 2. The lowest BCUT2D eigenvalue weighted by molar-refractivity contribution is 0.935. The van der Waals surface area contributed by atoms with E-state index in [4.69, 9.17) is 5.84 Å². The van der Waals surface area contributed by atoms with E-state index < -0.39 is 0 Å². The minimum atomic E-state index is 0.417. The van der Waals surface area contributed by atoms with E-state index in [1.54, 1.807) is 17.5 Å². The molecule has 3 aromatic heterocycles. The molecule has 0 aliphatic carbocycles. The van der Waals surface area contributed by atoms with E-state index in [1.165, 1.54) is 4.88 Å². The Balaban J connectivity index is 2.32. The summed E-state index contributed by atoms with van der Waals surface area (Å²) in [6, 6.07) is 2.13. The van der Waals surface area contributed by atoms with E-state index in [0.29, 0.717) is 5.95 Å². The van der Waals surface area contributed by atoms with Crippen molar-refractivity contribution >= 4 is 27.5 Å². The Morgan fingerprint density at radius 2 is 2.26 bits per heavy atom. The number of anilines is 1. The van der Waals surface area contributed by atoms with Gasteiger partial charge in [0.2, 0.25) is 5.95 Å². The molecule has 0 aliphatic rings. The number of imidazole rings is 1. The van der Waals surface area contributed by atoms with E-state index in [9.17, 15) is 0 Å². The van der Waals surface area contributed by atoms with Crippen molar-refractivity contribution in [3.63, 3.8) is 0 Å². The number of nitrogens with zero attached hydrogens (tertiary/aromatic N) is 4. The third kappa shape index (κ3) is 1.96. The molecule has 0 unspecified atom stereocenters. The zero-order valence-corrected chi connectivity index (χ0v) is 11.5. The summed E-state index contributed by atoms with van der Waals surface area (Å²) in [6.45, 7) is 4.07. The standard InChI is InChI=1S/C12H14N6S/c1-3-8-6-9-10(18-5-4-14-7(18)2)15-12(17-13)16-11(9)19-8/h4-6H,3,13H2,1-2H3,(H,15,16,17). The van der Waals surface area contributed by atoms with Crippen molar-refractivity contribution in [2.75, 3.05) is 5.43 Å². The molecule has 3 N–H and O–H groups in total. The highest BCUT2D eigenvalue weighted by Crippen LogP contribution is 2.29. The predicted octanol–water partition coefficient (Wildman–Crippen LogP) is 2.03. The molecule has 0 spiro atoms. The molecule has 0 aromatic carbocycles. The van der Waals surface area contributed by atoms with E-state index in [-0.39, 0.29) is 0 Å². The Morgan fingerprint density at radius 1 is 1.42 bits per heavy atom. The first-order chi connectivity index (χ1) is 9.22. The fraction of sp³-hybridized carbons (Fsp3) is 0.250. The first kappa shape index (κ1) is 12.1. The fourth-order valence-corrected chi connectivity index (χ4v) is 2.94. The monoisotopic (exact) mass is 274 g/mol. The number of hydrogen-bond acceptors (Lipinski definition) is 6. The minimum Gasteiger partial charge on any atom is -0.292 e. The van der Waals surface area contributed by atoms with Crippen molar-refractivity contribution < 1.29 is 0 Å². The molecule has 7 heteroatoms. The van der Waals surface area contributed by atoms with E-state index >= 15 is 0 Å². The second-order valence-corrected chi connectivity index (χ2v) is 5.26. The summed E-state index contributed by atoms with van der Waals surface area (Å²) in [5, 5.41) is 1.03. The number of hydrogen-bond donors (Lipinski definition) is 2. The van der Waals surface area contributed by atoms with Crippen molar-refractivity contribution in [2.45, 2.75) is 20.3 Å². The number of nitrogens with one attached hydrogen (secondary N) is 1. The van der Waals surface area contributed by atoms with Crippen molar-refractivity contribution in [3.8, 4) is 5.82 Å². The molecule has 3 rings (SSSR count). The van der Waals surface area contributed by atoms with E-state index in [0.717, 1.165) is 28.3 Å². The van der Waals surface area contributed by atoms with Crippen LogP contribution in [0.3, 0.4) is 0 Å². The van der Waals surface area contributed by atoms with Crippen LogP contribution in [0.5, 0.6) is 0 Å². The van der Waals surface area contributed by atoms with Crippen LogP contribution < -0.4 is 11.3 Å². The van der Waals surface area contributed by atoms with E-state index in [1.807, 2.05) is 17.7 Å². The summed E-state index contributed by atoms with van der Waals surface area (Å²) in [7, 11) is 0. The summed E-state index contributed by atoms with van der Waals surface area (Å²) >= 11 is 1.66. The summed E-state index contributed by atoms with van der Waals surface area (Å²) in [4.78, 5) is 15.3. The molecular formula is C12H14N6S. The average Bonchev–Trinajstić information content (AvgIpc) is 3.02. The molecule has 3 aromatic rings. The van der Waals surface area contributed by atoms with Crippen LogP contribution in [0, 0.1) is 6.92 Å². The van der Waals surface area contributed by atoms with Gasteiger partial charge in [0.15, 0.2) is 5.82 Å². The number of aromatic nitrogens is 4. The normalized spacial score (nSPS) is 11.1. The van der Waals surface area contributed by atoms with Crippen LogP contribution in [0.2, 0.25) is 0 Å². The maximum atomic E-state index is 5.45. The van der Waals surface area contributed by atoms with Crippen LogP contribution >= 0.6 is 11.3 Å². The van der Waals surface area contributed by atoms with Crippen LogP contribution in [-0.4, -0.2) is 19.5 Å². The van der Waals surface area contributed by atoms with Gasteiger partial charge in [0, 0.05) is 17.3 Å². The van der Waals surface area contributed by atoms with Gasteiger partial charge in [0.1, 0.15) is 10.7 Å². The Labute approximate surface area is 114 Å². The van der Waals surface area contributed by atoms with Gasteiger partial charge < -0.3 is 0 Å². The third-order valence-corrected chi connectivity index (χ3v) is 4.13. The summed E-state index contributed by atoms with van der Waals surface area (Å²) in [5.74, 6) is 7.55. The van der Waals surface area contributed by atoms with Gasteiger partial charge in [-0.25, -0.2) is 15.8 Å². The number of hydrazine groups is 1. The molecule has 0 saturated carbocycles. The van der Waals surface area contributed by atoms with Crippen molar-refractivity contribution in [1.29, 1.82) is 0 Å². The first-order valence-electron chi connectivity index (χ1n) is 6.00. The van der Waals surface area contributed by atoms with Gasteiger partial charge >= 0.3 is 0 Å². The summed E-state index contributed by atoms with van der Waals surface area (Å²) in [6.07, 6.45) is 4.63. The van der Waals surface area contributed by atoms with Gasteiger partial charge in [0.25, 0.3) is 0 Å². The molecule has 0 aliphatic heterocycles. The lowest BCUT2D eigenvalue weighted by Gasteiger charge is -2.07. The lowest BCUT2D eigenvalue weighted by atomic mass is 10.3. The molecule has 0 saturated heterocycles. The smallest absolute Gasteiger partial charge is 0.240 e. The number of rotatable bonds is 3. The predicted molar refractivity (Wildman–Crippen MR) is 76.5 cm³/mol.